The quantitative estimate of drug-likeness (QED) is 0.568. The summed E-state index contributed by atoms with van der Waals surface area (Å²) in [6, 6.07) is 12.7. The highest BCUT2D eigenvalue weighted by atomic mass is 35.5. The van der Waals surface area contributed by atoms with Gasteiger partial charge in [-0.2, -0.15) is 4.98 Å². The van der Waals surface area contributed by atoms with Gasteiger partial charge in [0.05, 0.1) is 26.5 Å². The van der Waals surface area contributed by atoms with Gasteiger partial charge in [0.1, 0.15) is 11.5 Å². The summed E-state index contributed by atoms with van der Waals surface area (Å²) in [6.45, 7) is 2.09. The van der Waals surface area contributed by atoms with E-state index in [1.807, 2.05) is 24.3 Å². The third kappa shape index (κ3) is 5.20. The molecular weight excluding hydrogens is 432 g/mol. The van der Waals surface area contributed by atoms with E-state index in [2.05, 4.69) is 20.4 Å². The summed E-state index contributed by atoms with van der Waals surface area (Å²) in [5.41, 5.74) is 1.46. The van der Waals surface area contributed by atoms with Crippen molar-refractivity contribution in [3.05, 3.63) is 53.4 Å². The first-order valence-electron chi connectivity index (χ1n) is 10.4. The van der Waals surface area contributed by atoms with Crippen LogP contribution in [0.1, 0.15) is 18.7 Å². The van der Waals surface area contributed by atoms with Gasteiger partial charge in [-0.3, -0.25) is 9.69 Å². The van der Waals surface area contributed by atoms with Crippen LogP contribution in [-0.4, -0.2) is 48.3 Å². The average molecular weight is 457 g/mol. The molecular formula is C23H25ClN4O4. The van der Waals surface area contributed by atoms with Gasteiger partial charge in [-0.25, -0.2) is 0 Å². The maximum atomic E-state index is 12.7. The third-order valence-corrected chi connectivity index (χ3v) is 5.79. The number of carbonyl (C=O) groups is 1. The van der Waals surface area contributed by atoms with Crippen LogP contribution in [0.25, 0.3) is 11.4 Å². The van der Waals surface area contributed by atoms with Gasteiger partial charge in [0.25, 0.3) is 0 Å². The molecule has 9 heteroatoms. The number of ether oxygens (including phenoxy) is 2. The second-order valence-electron chi connectivity index (χ2n) is 7.62. The first-order chi connectivity index (χ1) is 15.6. The van der Waals surface area contributed by atoms with Crippen LogP contribution in [-0.2, 0) is 11.3 Å². The Morgan fingerprint density at radius 2 is 1.91 bits per heavy atom. The summed E-state index contributed by atoms with van der Waals surface area (Å²) in [6.07, 6.45) is 1.49. The number of hydrogen-bond donors (Lipinski definition) is 1. The summed E-state index contributed by atoms with van der Waals surface area (Å²) < 4.78 is 15.9. The minimum atomic E-state index is -0.0764. The number of amides is 1. The molecule has 32 heavy (non-hydrogen) atoms. The minimum absolute atomic E-state index is 0.0233. The molecule has 1 amide bonds. The molecule has 3 aromatic rings. The van der Waals surface area contributed by atoms with E-state index in [4.69, 9.17) is 25.6 Å². The smallest absolute Gasteiger partial charge is 0.241 e. The first-order valence-corrected chi connectivity index (χ1v) is 10.8. The summed E-state index contributed by atoms with van der Waals surface area (Å²) in [5, 5.41) is 7.58. The van der Waals surface area contributed by atoms with Crippen LogP contribution in [0.5, 0.6) is 11.5 Å². The zero-order valence-electron chi connectivity index (χ0n) is 18.0. The molecule has 4 rings (SSSR count). The van der Waals surface area contributed by atoms with Crippen molar-refractivity contribution >= 4 is 23.2 Å². The van der Waals surface area contributed by atoms with Crippen LogP contribution in [0.15, 0.2) is 47.0 Å². The van der Waals surface area contributed by atoms with Gasteiger partial charge in [0, 0.05) is 16.5 Å². The normalized spacial score (nSPS) is 14.8. The molecule has 0 aliphatic carbocycles. The Hall–Kier alpha value is -3.10. The Kier molecular flexibility index (Phi) is 6.92. The summed E-state index contributed by atoms with van der Waals surface area (Å²) in [7, 11) is 3.19. The van der Waals surface area contributed by atoms with Crippen molar-refractivity contribution in [1.29, 1.82) is 0 Å². The lowest BCUT2D eigenvalue weighted by Gasteiger charge is -2.30. The van der Waals surface area contributed by atoms with Crippen molar-refractivity contribution in [1.82, 2.24) is 15.0 Å². The Bertz CT molecular complexity index is 1060. The molecule has 0 spiro atoms. The van der Waals surface area contributed by atoms with Crippen LogP contribution < -0.4 is 14.8 Å². The SMILES string of the molecule is COc1ccc(-c2noc(CN3CCC(C(=O)Nc4cc(Cl)ccc4OC)CC3)n2)cc1. The molecule has 8 nitrogen and oxygen atoms in total. The molecule has 0 radical (unpaired) electrons. The number of halogens is 1. The van der Waals surface area contributed by atoms with Crippen molar-refractivity contribution < 1.29 is 18.8 Å². The second-order valence-corrected chi connectivity index (χ2v) is 8.06. The van der Waals surface area contributed by atoms with E-state index in [-0.39, 0.29) is 11.8 Å². The van der Waals surface area contributed by atoms with E-state index in [0.29, 0.717) is 34.7 Å². The van der Waals surface area contributed by atoms with Crippen molar-refractivity contribution in [3.8, 4) is 22.9 Å². The molecule has 2 heterocycles. The zero-order chi connectivity index (χ0) is 22.5. The number of nitrogens with one attached hydrogen (secondary N) is 1. The number of nitrogens with zero attached hydrogens (tertiary/aromatic N) is 3. The number of aromatic nitrogens is 2. The topological polar surface area (TPSA) is 89.7 Å². The summed E-state index contributed by atoms with van der Waals surface area (Å²) >= 11 is 6.05. The molecule has 1 aliphatic rings. The molecule has 0 atom stereocenters. The van der Waals surface area contributed by atoms with Crippen LogP contribution in [0, 0.1) is 5.92 Å². The van der Waals surface area contributed by atoms with Gasteiger partial charge >= 0.3 is 0 Å². The fourth-order valence-electron chi connectivity index (χ4n) is 3.73. The van der Waals surface area contributed by atoms with Crippen molar-refractivity contribution in [2.45, 2.75) is 19.4 Å². The standard InChI is InChI=1S/C23H25ClN4O4/c1-30-18-6-3-15(4-7-18)22-26-21(32-27-22)14-28-11-9-16(10-12-28)23(29)25-19-13-17(24)5-8-20(19)31-2/h3-8,13,16H,9-12,14H2,1-2H3,(H,25,29). The highest BCUT2D eigenvalue weighted by Crippen LogP contribution is 2.29. The Morgan fingerprint density at radius 3 is 2.59 bits per heavy atom. The van der Waals surface area contributed by atoms with E-state index >= 15 is 0 Å². The number of piperidine rings is 1. The Morgan fingerprint density at radius 1 is 1.16 bits per heavy atom. The van der Waals surface area contributed by atoms with Gasteiger partial charge in [-0.1, -0.05) is 16.8 Å². The van der Waals surface area contributed by atoms with Crippen LogP contribution in [0.2, 0.25) is 5.02 Å². The van der Waals surface area contributed by atoms with Crippen LogP contribution >= 0.6 is 11.6 Å². The Balaban J connectivity index is 1.30. The second kappa shape index (κ2) is 10.0. The molecule has 0 bridgehead atoms. The maximum absolute atomic E-state index is 12.7. The zero-order valence-corrected chi connectivity index (χ0v) is 18.8. The van der Waals surface area contributed by atoms with Gasteiger partial charge in [0.2, 0.25) is 17.6 Å². The van der Waals surface area contributed by atoms with Crippen molar-refractivity contribution in [2.24, 2.45) is 5.92 Å². The van der Waals surface area contributed by atoms with Gasteiger partial charge in [-0.05, 0) is 68.4 Å². The molecule has 0 unspecified atom stereocenters. The molecule has 0 saturated carbocycles. The largest absolute Gasteiger partial charge is 0.497 e. The lowest BCUT2D eigenvalue weighted by Crippen LogP contribution is -2.37. The molecule has 1 saturated heterocycles. The highest BCUT2D eigenvalue weighted by Gasteiger charge is 2.26. The molecule has 1 N–H and O–H groups in total. The number of methoxy groups -OCH3 is 2. The van der Waals surface area contributed by atoms with Crippen molar-refractivity contribution in [2.75, 3.05) is 32.6 Å². The van der Waals surface area contributed by atoms with Crippen LogP contribution in [0.4, 0.5) is 5.69 Å². The lowest BCUT2D eigenvalue weighted by atomic mass is 9.96. The van der Waals surface area contributed by atoms with Gasteiger partial charge in [-0.15, -0.1) is 0 Å². The number of likely N-dealkylation sites (tertiary alicyclic amines) is 1. The predicted octanol–water partition coefficient (Wildman–Crippen LogP) is 4.26. The van der Waals surface area contributed by atoms with Crippen molar-refractivity contribution in [3.63, 3.8) is 0 Å². The maximum Gasteiger partial charge on any atom is 0.241 e. The number of hydrogen-bond acceptors (Lipinski definition) is 7. The van der Waals surface area contributed by atoms with Crippen LogP contribution in [0.3, 0.4) is 0 Å². The number of benzene rings is 2. The van der Waals surface area contributed by atoms with E-state index < -0.39 is 0 Å². The third-order valence-electron chi connectivity index (χ3n) is 5.55. The monoisotopic (exact) mass is 456 g/mol. The number of anilines is 1. The molecule has 1 aromatic heterocycles. The van der Waals surface area contributed by atoms with E-state index in [0.717, 1.165) is 37.2 Å². The first kappa shape index (κ1) is 22.1. The fourth-order valence-corrected chi connectivity index (χ4v) is 3.91. The summed E-state index contributed by atoms with van der Waals surface area (Å²) in [5.74, 6) is 2.37. The lowest BCUT2D eigenvalue weighted by molar-refractivity contribution is -0.121. The van der Waals surface area contributed by atoms with E-state index in [9.17, 15) is 4.79 Å². The van der Waals surface area contributed by atoms with E-state index in [1.165, 1.54) is 0 Å². The fraction of sp³-hybridized carbons (Fsp3) is 0.348. The van der Waals surface area contributed by atoms with Gasteiger partial charge < -0.3 is 19.3 Å². The van der Waals surface area contributed by atoms with E-state index in [1.54, 1.807) is 32.4 Å². The molecule has 1 aliphatic heterocycles. The highest BCUT2D eigenvalue weighted by molar-refractivity contribution is 6.31. The molecule has 2 aromatic carbocycles. The predicted molar refractivity (Wildman–Crippen MR) is 121 cm³/mol. The average Bonchev–Trinajstić information content (AvgIpc) is 3.28. The number of rotatable bonds is 7. The molecule has 1 fully saturated rings. The molecule has 168 valence electrons. The minimum Gasteiger partial charge on any atom is -0.497 e. The Labute approximate surface area is 191 Å². The summed E-state index contributed by atoms with van der Waals surface area (Å²) in [4.78, 5) is 19.5. The van der Waals surface area contributed by atoms with Gasteiger partial charge in [0.15, 0.2) is 0 Å². The number of carbonyl (C=O) groups excluding carboxylic acids is 1.